The quantitative estimate of drug-likeness (QED) is 0.783. The Bertz CT molecular complexity index is 639. The van der Waals surface area contributed by atoms with Crippen molar-refractivity contribution < 1.29 is 0 Å². The maximum atomic E-state index is 11.9. The molecule has 0 aliphatic heterocycles. The summed E-state index contributed by atoms with van der Waals surface area (Å²) in [5.41, 5.74) is 0.872. The molecule has 1 aromatic carbocycles. The van der Waals surface area contributed by atoms with E-state index >= 15 is 0 Å². The number of pyridine rings is 1. The van der Waals surface area contributed by atoms with Crippen LogP contribution in [0.15, 0.2) is 45.8 Å². The predicted octanol–water partition coefficient (Wildman–Crippen LogP) is 4.53. The fourth-order valence-corrected chi connectivity index (χ4v) is 2.34. The normalized spacial score (nSPS) is 12.4. The first kappa shape index (κ1) is 13.7. The van der Waals surface area contributed by atoms with E-state index in [9.17, 15) is 4.79 Å². The number of rotatable bonds is 2. The van der Waals surface area contributed by atoms with E-state index in [1.807, 2.05) is 19.1 Å². The summed E-state index contributed by atoms with van der Waals surface area (Å²) in [7, 11) is 0. The Hall–Kier alpha value is -0.770. The Labute approximate surface area is 123 Å². The molecule has 0 saturated heterocycles. The lowest BCUT2D eigenvalue weighted by molar-refractivity contribution is 0.614. The van der Waals surface area contributed by atoms with Crippen LogP contribution in [0.3, 0.4) is 0 Å². The van der Waals surface area contributed by atoms with E-state index in [1.165, 1.54) is 6.07 Å². The first-order chi connectivity index (χ1) is 8.49. The van der Waals surface area contributed by atoms with Gasteiger partial charge in [-0.05, 0) is 30.7 Å². The highest BCUT2D eigenvalue weighted by atomic mass is 79.9. The molecule has 1 aromatic heterocycles. The molecule has 0 aliphatic rings. The van der Waals surface area contributed by atoms with Crippen molar-refractivity contribution in [2.45, 2.75) is 13.0 Å². The van der Waals surface area contributed by atoms with Crippen LogP contribution in [-0.4, -0.2) is 4.57 Å². The minimum atomic E-state index is -0.0969. The van der Waals surface area contributed by atoms with Crippen LogP contribution in [0.25, 0.3) is 0 Å². The van der Waals surface area contributed by atoms with Crippen LogP contribution in [0, 0.1) is 0 Å². The van der Waals surface area contributed by atoms with Gasteiger partial charge in [0.05, 0.1) is 16.1 Å². The van der Waals surface area contributed by atoms with Crippen LogP contribution in [-0.2, 0) is 0 Å². The zero-order chi connectivity index (χ0) is 13.3. The maximum absolute atomic E-state index is 11.9. The molecule has 0 aliphatic carbocycles. The standard InChI is InChI=1S/C13H10BrCl2NO/c1-8(9-2-3-11(15)12(16)6-9)17-5-4-10(14)7-13(17)18/h2-8H,1H3. The molecule has 0 saturated carbocycles. The molecule has 0 spiro atoms. The van der Waals surface area contributed by atoms with E-state index in [-0.39, 0.29) is 11.6 Å². The number of benzene rings is 1. The molecule has 1 unspecified atom stereocenters. The Kier molecular flexibility index (Phi) is 4.15. The SMILES string of the molecule is CC(c1ccc(Cl)c(Cl)c1)n1ccc(Br)cc1=O. The van der Waals surface area contributed by atoms with E-state index in [0.717, 1.165) is 10.0 Å². The summed E-state index contributed by atoms with van der Waals surface area (Å²) in [6.07, 6.45) is 1.75. The molecule has 2 aromatic rings. The summed E-state index contributed by atoms with van der Waals surface area (Å²) in [5.74, 6) is 0. The summed E-state index contributed by atoms with van der Waals surface area (Å²) < 4.78 is 2.41. The van der Waals surface area contributed by atoms with Crippen molar-refractivity contribution in [3.8, 4) is 0 Å². The van der Waals surface area contributed by atoms with E-state index in [1.54, 1.807) is 22.9 Å². The summed E-state index contributed by atoms with van der Waals surface area (Å²) >= 11 is 15.1. The number of aromatic nitrogens is 1. The molecule has 2 rings (SSSR count). The highest BCUT2D eigenvalue weighted by Gasteiger charge is 2.10. The zero-order valence-corrected chi connectivity index (χ0v) is 12.6. The summed E-state index contributed by atoms with van der Waals surface area (Å²) in [4.78, 5) is 11.9. The average Bonchev–Trinajstić information content (AvgIpc) is 2.32. The van der Waals surface area contributed by atoms with Crippen LogP contribution in [0.4, 0.5) is 0 Å². The Morgan fingerprint density at radius 2 is 1.89 bits per heavy atom. The first-order valence-electron chi connectivity index (χ1n) is 5.31. The van der Waals surface area contributed by atoms with Crippen molar-refractivity contribution in [1.29, 1.82) is 0 Å². The first-order valence-corrected chi connectivity index (χ1v) is 6.86. The Morgan fingerprint density at radius 1 is 1.17 bits per heavy atom. The van der Waals surface area contributed by atoms with Crippen molar-refractivity contribution in [2.75, 3.05) is 0 Å². The van der Waals surface area contributed by atoms with Gasteiger partial charge in [-0.25, -0.2) is 0 Å². The van der Waals surface area contributed by atoms with Crippen LogP contribution in [0.2, 0.25) is 10.0 Å². The number of hydrogen-bond donors (Lipinski definition) is 0. The molecule has 2 nitrogen and oxygen atoms in total. The zero-order valence-electron chi connectivity index (χ0n) is 9.53. The second-order valence-electron chi connectivity index (χ2n) is 3.94. The number of hydrogen-bond acceptors (Lipinski definition) is 1. The second kappa shape index (κ2) is 5.47. The van der Waals surface area contributed by atoms with Gasteiger partial charge in [0.1, 0.15) is 0 Å². The Balaban J connectivity index is 2.44. The molecular formula is C13H10BrCl2NO. The molecule has 0 bridgehead atoms. The van der Waals surface area contributed by atoms with Crippen LogP contribution < -0.4 is 5.56 Å². The third-order valence-electron chi connectivity index (χ3n) is 2.75. The third kappa shape index (κ3) is 2.79. The maximum Gasteiger partial charge on any atom is 0.252 e. The minimum Gasteiger partial charge on any atom is -0.308 e. The summed E-state index contributed by atoms with van der Waals surface area (Å²) in [6.45, 7) is 1.94. The minimum absolute atomic E-state index is 0.0667. The van der Waals surface area contributed by atoms with Gasteiger partial charge in [-0.1, -0.05) is 45.2 Å². The smallest absolute Gasteiger partial charge is 0.252 e. The molecule has 94 valence electrons. The van der Waals surface area contributed by atoms with E-state index in [2.05, 4.69) is 15.9 Å². The van der Waals surface area contributed by atoms with Gasteiger partial charge < -0.3 is 4.57 Å². The highest BCUT2D eigenvalue weighted by Crippen LogP contribution is 2.26. The molecule has 0 radical (unpaired) electrons. The molecule has 18 heavy (non-hydrogen) atoms. The average molecular weight is 347 g/mol. The van der Waals surface area contributed by atoms with E-state index < -0.39 is 0 Å². The topological polar surface area (TPSA) is 22.0 Å². The predicted molar refractivity (Wildman–Crippen MR) is 78.7 cm³/mol. The highest BCUT2D eigenvalue weighted by molar-refractivity contribution is 9.10. The molecule has 0 amide bonds. The van der Waals surface area contributed by atoms with Crippen molar-refractivity contribution >= 4 is 39.1 Å². The monoisotopic (exact) mass is 345 g/mol. The Morgan fingerprint density at radius 3 is 2.50 bits per heavy atom. The second-order valence-corrected chi connectivity index (χ2v) is 5.67. The van der Waals surface area contributed by atoms with Gasteiger partial charge in [0, 0.05) is 16.7 Å². The number of nitrogens with zero attached hydrogens (tertiary/aromatic N) is 1. The number of halogens is 3. The van der Waals surface area contributed by atoms with Crippen LogP contribution >= 0.6 is 39.1 Å². The molecule has 5 heteroatoms. The molecule has 1 heterocycles. The van der Waals surface area contributed by atoms with Crippen molar-refractivity contribution in [1.82, 2.24) is 4.57 Å². The molecule has 0 fully saturated rings. The lowest BCUT2D eigenvalue weighted by Crippen LogP contribution is -2.22. The van der Waals surface area contributed by atoms with Crippen molar-refractivity contribution in [3.05, 3.63) is 67.0 Å². The lowest BCUT2D eigenvalue weighted by Gasteiger charge is -2.16. The van der Waals surface area contributed by atoms with Crippen LogP contribution in [0.1, 0.15) is 18.5 Å². The van der Waals surface area contributed by atoms with Gasteiger partial charge in [-0.3, -0.25) is 4.79 Å². The van der Waals surface area contributed by atoms with Gasteiger partial charge in [0.15, 0.2) is 0 Å². The van der Waals surface area contributed by atoms with E-state index in [4.69, 9.17) is 23.2 Å². The van der Waals surface area contributed by atoms with Crippen molar-refractivity contribution in [2.24, 2.45) is 0 Å². The molecule has 1 atom stereocenters. The van der Waals surface area contributed by atoms with Crippen molar-refractivity contribution in [3.63, 3.8) is 0 Å². The lowest BCUT2D eigenvalue weighted by atomic mass is 10.1. The van der Waals surface area contributed by atoms with Crippen LogP contribution in [0.5, 0.6) is 0 Å². The summed E-state index contributed by atoms with van der Waals surface area (Å²) in [5, 5.41) is 1.00. The fraction of sp³-hybridized carbons (Fsp3) is 0.154. The molecular weight excluding hydrogens is 337 g/mol. The summed E-state index contributed by atoms with van der Waals surface area (Å²) in [6, 6.07) is 8.65. The third-order valence-corrected chi connectivity index (χ3v) is 3.99. The largest absolute Gasteiger partial charge is 0.308 e. The van der Waals surface area contributed by atoms with Gasteiger partial charge in [0.2, 0.25) is 0 Å². The van der Waals surface area contributed by atoms with Gasteiger partial charge in [0.25, 0.3) is 5.56 Å². The fourth-order valence-electron chi connectivity index (χ4n) is 1.72. The van der Waals surface area contributed by atoms with Gasteiger partial charge in [-0.2, -0.15) is 0 Å². The van der Waals surface area contributed by atoms with E-state index in [0.29, 0.717) is 10.0 Å². The molecule has 0 N–H and O–H groups in total. The van der Waals surface area contributed by atoms with Gasteiger partial charge >= 0.3 is 0 Å². The van der Waals surface area contributed by atoms with Gasteiger partial charge in [-0.15, -0.1) is 0 Å².